The van der Waals surface area contributed by atoms with Crippen LogP contribution < -0.4 is 10.6 Å². The van der Waals surface area contributed by atoms with Gasteiger partial charge in [0.25, 0.3) is 5.91 Å². The number of amides is 1. The van der Waals surface area contributed by atoms with Crippen molar-refractivity contribution in [2.45, 2.75) is 26.7 Å². The highest BCUT2D eigenvalue weighted by Gasteiger charge is 2.12. The Morgan fingerprint density at radius 2 is 2.00 bits per heavy atom. The highest BCUT2D eigenvalue weighted by molar-refractivity contribution is 6.04. The molecule has 0 aliphatic heterocycles. The maximum Gasteiger partial charge on any atom is 0.255 e. The first-order valence-corrected chi connectivity index (χ1v) is 6.93. The van der Waals surface area contributed by atoms with Crippen LogP contribution in [-0.2, 0) is 0 Å². The van der Waals surface area contributed by atoms with Gasteiger partial charge in [-0.2, -0.15) is 0 Å². The molecule has 2 aromatic rings. The summed E-state index contributed by atoms with van der Waals surface area (Å²) in [7, 11) is 1.79. The third kappa shape index (κ3) is 3.78. The number of hydrogen-bond donors (Lipinski definition) is 2. The lowest BCUT2D eigenvalue weighted by Crippen LogP contribution is -2.14. The largest absolute Gasteiger partial charge is 0.373 e. The van der Waals surface area contributed by atoms with E-state index < -0.39 is 0 Å². The maximum atomic E-state index is 12.3. The number of hydrogen-bond acceptors (Lipinski definition) is 4. The number of nitrogens with one attached hydrogen (secondary N) is 2. The van der Waals surface area contributed by atoms with Crippen molar-refractivity contribution in [1.29, 1.82) is 0 Å². The predicted molar refractivity (Wildman–Crippen MR) is 84.8 cm³/mol. The van der Waals surface area contributed by atoms with Gasteiger partial charge in [0.15, 0.2) is 0 Å². The molecule has 0 aromatic carbocycles. The van der Waals surface area contributed by atoms with Gasteiger partial charge in [-0.25, -0.2) is 4.98 Å². The molecular formula is C16H20N4O. The van der Waals surface area contributed by atoms with Gasteiger partial charge in [-0.1, -0.05) is 13.8 Å². The average Bonchev–Trinajstić information content (AvgIpc) is 2.49. The molecule has 5 nitrogen and oxygen atoms in total. The molecule has 110 valence electrons. The number of rotatable bonds is 4. The minimum atomic E-state index is -0.165. The number of pyridine rings is 2. The van der Waals surface area contributed by atoms with Gasteiger partial charge in [-0.05, 0) is 37.1 Å². The zero-order chi connectivity index (χ0) is 15.4. The molecule has 0 unspecified atom stereocenters. The molecule has 0 aliphatic rings. The summed E-state index contributed by atoms with van der Waals surface area (Å²) in [5.41, 5.74) is 3.06. The second-order valence-electron chi connectivity index (χ2n) is 5.21. The van der Waals surface area contributed by atoms with Crippen LogP contribution >= 0.6 is 0 Å². The number of aromatic nitrogens is 2. The number of carbonyl (C=O) groups excluding carboxylic acids is 1. The quantitative estimate of drug-likeness (QED) is 0.904. The molecule has 0 saturated heterocycles. The average molecular weight is 284 g/mol. The second kappa shape index (κ2) is 6.35. The lowest BCUT2D eigenvalue weighted by molar-refractivity contribution is 0.102. The summed E-state index contributed by atoms with van der Waals surface area (Å²) in [4.78, 5) is 21.0. The van der Waals surface area contributed by atoms with E-state index in [0.29, 0.717) is 17.1 Å². The topological polar surface area (TPSA) is 66.9 Å². The molecule has 5 heteroatoms. The van der Waals surface area contributed by atoms with E-state index in [2.05, 4.69) is 20.6 Å². The van der Waals surface area contributed by atoms with Crippen LogP contribution in [0.5, 0.6) is 0 Å². The van der Waals surface area contributed by atoms with E-state index in [4.69, 9.17) is 0 Å². The fourth-order valence-corrected chi connectivity index (χ4v) is 1.85. The van der Waals surface area contributed by atoms with E-state index in [1.165, 1.54) is 0 Å². The summed E-state index contributed by atoms with van der Waals surface area (Å²) in [6.07, 6.45) is 1.65. The zero-order valence-corrected chi connectivity index (χ0v) is 12.8. The third-order valence-electron chi connectivity index (χ3n) is 3.12. The van der Waals surface area contributed by atoms with Gasteiger partial charge in [0.05, 0.1) is 11.9 Å². The molecule has 0 bridgehead atoms. The SMILES string of the molecule is CNc1cc(C(=O)Nc2ccc(C)nc2)cc(C(C)C)n1. The number of anilines is 2. The van der Waals surface area contributed by atoms with E-state index in [9.17, 15) is 4.79 Å². The van der Waals surface area contributed by atoms with E-state index in [-0.39, 0.29) is 11.8 Å². The molecule has 0 saturated carbocycles. The zero-order valence-electron chi connectivity index (χ0n) is 12.8. The van der Waals surface area contributed by atoms with Crippen molar-refractivity contribution in [3.63, 3.8) is 0 Å². The fourth-order valence-electron chi connectivity index (χ4n) is 1.85. The van der Waals surface area contributed by atoms with Crippen molar-refractivity contribution < 1.29 is 4.79 Å². The molecule has 2 aromatic heterocycles. The van der Waals surface area contributed by atoms with Crippen molar-refractivity contribution in [3.8, 4) is 0 Å². The van der Waals surface area contributed by atoms with Gasteiger partial charge in [0, 0.05) is 24.0 Å². The van der Waals surface area contributed by atoms with Crippen molar-refractivity contribution in [3.05, 3.63) is 47.4 Å². The Labute approximate surface area is 124 Å². The molecule has 1 amide bonds. The van der Waals surface area contributed by atoms with Crippen LogP contribution in [0.25, 0.3) is 0 Å². The van der Waals surface area contributed by atoms with E-state index in [1.807, 2.05) is 39.0 Å². The summed E-state index contributed by atoms with van der Waals surface area (Å²) in [5.74, 6) is 0.778. The Hall–Kier alpha value is -2.43. The monoisotopic (exact) mass is 284 g/mol. The molecule has 2 rings (SSSR count). The Bertz CT molecular complexity index is 635. The van der Waals surface area contributed by atoms with Crippen LogP contribution in [0.4, 0.5) is 11.5 Å². The molecule has 21 heavy (non-hydrogen) atoms. The van der Waals surface area contributed by atoms with Gasteiger partial charge in [0.2, 0.25) is 0 Å². The van der Waals surface area contributed by atoms with Crippen LogP contribution in [0.1, 0.15) is 41.5 Å². The molecule has 0 spiro atoms. The van der Waals surface area contributed by atoms with Gasteiger partial charge < -0.3 is 10.6 Å². The van der Waals surface area contributed by atoms with E-state index in [1.54, 1.807) is 19.3 Å². The Morgan fingerprint density at radius 3 is 2.57 bits per heavy atom. The van der Waals surface area contributed by atoms with Gasteiger partial charge in [-0.15, -0.1) is 0 Å². The minimum Gasteiger partial charge on any atom is -0.373 e. The second-order valence-corrected chi connectivity index (χ2v) is 5.21. The Balaban J connectivity index is 2.25. The molecular weight excluding hydrogens is 264 g/mol. The van der Waals surface area contributed by atoms with Crippen LogP contribution in [-0.4, -0.2) is 22.9 Å². The van der Waals surface area contributed by atoms with E-state index >= 15 is 0 Å². The summed E-state index contributed by atoms with van der Waals surface area (Å²) in [6, 6.07) is 7.26. The van der Waals surface area contributed by atoms with Crippen molar-refractivity contribution in [1.82, 2.24) is 9.97 Å². The van der Waals surface area contributed by atoms with Gasteiger partial charge >= 0.3 is 0 Å². The van der Waals surface area contributed by atoms with Gasteiger partial charge in [0.1, 0.15) is 5.82 Å². The Kier molecular flexibility index (Phi) is 4.52. The Morgan fingerprint density at radius 1 is 1.24 bits per heavy atom. The normalized spacial score (nSPS) is 10.5. The van der Waals surface area contributed by atoms with Crippen LogP contribution in [0.3, 0.4) is 0 Å². The first-order chi connectivity index (χ1) is 9.99. The van der Waals surface area contributed by atoms with Crippen LogP contribution in [0.2, 0.25) is 0 Å². The van der Waals surface area contributed by atoms with Crippen molar-refractivity contribution >= 4 is 17.4 Å². The highest BCUT2D eigenvalue weighted by atomic mass is 16.1. The lowest BCUT2D eigenvalue weighted by atomic mass is 10.1. The molecule has 0 fully saturated rings. The third-order valence-corrected chi connectivity index (χ3v) is 3.12. The first-order valence-electron chi connectivity index (χ1n) is 6.93. The van der Waals surface area contributed by atoms with Gasteiger partial charge in [-0.3, -0.25) is 9.78 Å². The molecule has 0 radical (unpaired) electrons. The first kappa shape index (κ1) is 15.0. The highest BCUT2D eigenvalue weighted by Crippen LogP contribution is 2.18. The number of aryl methyl sites for hydroxylation is 1. The van der Waals surface area contributed by atoms with Crippen LogP contribution in [0.15, 0.2) is 30.5 Å². The number of nitrogens with zero attached hydrogens (tertiary/aromatic N) is 2. The molecule has 0 aliphatic carbocycles. The molecule has 2 heterocycles. The van der Waals surface area contributed by atoms with Crippen LogP contribution in [0, 0.1) is 6.92 Å². The predicted octanol–water partition coefficient (Wildman–Crippen LogP) is 3.20. The summed E-state index contributed by atoms with van der Waals surface area (Å²) >= 11 is 0. The van der Waals surface area contributed by atoms with E-state index in [0.717, 1.165) is 11.4 Å². The summed E-state index contributed by atoms with van der Waals surface area (Å²) in [5, 5.41) is 5.83. The van der Waals surface area contributed by atoms with Crippen molar-refractivity contribution in [2.75, 3.05) is 17.7 Å². The maximum absolute atomic E-state index is 12.3. The molecule has 2 N–H and O–H groups in total. The standard InChI is InChI=1S/C16H20N4O/c1-10(2)14-7-12(8-15(17-4)20-14)16(21)19-13-6-5-11(3)18-9-13/h5-10H,1-4H3,(H,17,20)(H,19,21). The molecule has 0 atom stereocenters. The minimum absolute atomic E-state index is 0.165. The smallest absolute Gasteiger partial charge is 0.255 e. The lowest BCUT2D eigenvalue weighted by Gasteiger charge is -2.11. The summed E-state index contributed by atoms with van der Waals surface area (Å²) in [6.45, 7) is 6.00. The fraction of sp³-hybridized carbons (Fsp3) is 0.312. The number of carbonyl (C=O) groups is 1. The van der Waals surface area contributed by atoms with Crippen molar-refractivity contribution in [2.24, 2.45) is 0 Å². The summed E-state index contributed by atoms with van der Waals surface area (Å²) < 4.78 is 0.